The van der Waals surface area contributed by atoms with Crippen LogP contribution in [-0.4, -0.2) is 39.3 Å². The second-order valence-corrected chi connectivity index (χ2v) is 5.72. The maximum Gasteiger partial charge on any atom is 0.226 e. The predicted octanol–water partition coefficient (Wildman–Crippen LogP) is 2.41. The van der Waals surface area contributed by atoms with Gasteiger partial charge in [-0.15, -0.1) is 0 Å². The smallest absolute Gasteiger partial charge is 0.226 e. The lowest BCUT2D eigenvalue weighted by molar-refractivity contribution is 0.639. The van der Waals surface area contributed by atoms with E-state index < -0.39 is 0 Å². The van der Waals surface area contributed by atoms with Crippen molar-refractivity contribution < 1.29 is 0 Å². The van der Waals surface area contributed by atoms with Crippen molar-refractivity contribution in [3.63, 3.8) is 0 Å². The maximum absolute atomic E-state index is 4.71. The summed E-state index contributed by atoms with van der Waals surface area (Å²) in [5, 5.41) is 11.3. The van der Waals surface area contributed by atoms with Gasteiger partial charge in [0.2, 0.25) is 5.95 Å². The van der Waals surface area contributed by atoms with Crippen LogP contribution in [0.5, 0.6) is 0 Å². The van der Waals surface area contributed by atoms with Crippen molar-refractivity contribution in [3.05, 3.63) is 6.20 Å². The van der Waals surface area contributed by atoms with Gasteiger partial charge in [-0.3, -0.25) is 5.10 Å². The molecule has 6 nitrogen and oxygen atoms in total. The highest BCUT2D eigenvalue weighted by molar-refractivity contribution is 5.87. The predicted molar refractivity (Wildman–Crippen MR) is 81.1 cm³/mol. The monoisotopic (exact) mass is 274 g/mol. The summed E-state index contributed by atoms with van der Waals surface area (Å²) in [7, 11) is 0. The Kier molecular flexibility index (Phi) is 3.46. The molecular formula is C14H22N6. The Balaban J connectivity index is 2.03. The van der Waals surface area contributed by atoms with Crippen LogP contribution in [0.15, 0.2) is 6.20 Å². The van der Waals surface area contributed by atoms with Crippen LogP contribution >= 0.6 is 0 Å². The van der Waals surface area contributed by atoms with Crippen LogP contribution in [0.1, 0.15) is 33.6 Å². The van der Waals surface area contributed by atoms with Crippen molar-refractivity contribution in [1.29, 1.82) is 0 Å². The molecule has 2 aromatic heterocycles. The Morgan fingerprint density at radius 1 is 1.40 bits per heavy atom. The third-order valence-electron chi connectivity index (χ3n) is 3.67. The topological polar surface area (TPSA) is 69.7 Å². The molecule has 3 rings (SSSR count). The van der Waals surface area contributed by atoms with Crippen LogP contribution in [0.3, 0.4) is 0 Å². The zero-order valence-electron chi connectivity index (χ0n) is 12.3. The molecule has 1 saturated carbocycles. The van der Waals surface area contributed by atoms with Gasteiger partial charge in [0.1, 0.15) is 5.82 Å². The van der Waals surface area contributed by atoms with E-state index in [9.17, 15) is 0 Å². The first-order chi connectivity index (χ1) is 9.69. The molecule has 108 valence electrons. The lowest BCUT2D eigenvalue weighted by atomic mass is 10.2. The van der Waals surface area contributed by atoms with Gasteiger partial charge < -0.3 is 10.2 Å². The molecule has 6 heteroatoms. The highest BCUT2D eigenvalue weighted by Crippen LogP contribution is 2.33. The Labute approximate surface area is 119 Å². The Morgan fingerprint density at radius 3 is 2.85 bits per heavy atom. The summed E-state index contributed by atoms with van der Waals surface area (Å²) in [4.78, 5) is 11.5. The summed E-state index contributed by atoms with van der Waals surface area (Å²) >= 11 is 0. The molecule has 0 aromatic carbocycles. The highest BCUT2D eigenvalue weighted by atomic mass is 15.3. The van der Waals surface area contributed by atoms with Crippen molar-refractivity contribution in [2.24, 2.45) is 5.92 Å². The van der Waals surface area contributed by atoms with Crippen LogP contribution in [0.25, 0.3) is 11.0 Å². The van der Waals surface area contributed by atoms with Crippen LogP contribution in [0, 0.1) is 5.92 Å². The largest absolute Gasteiger partial charge is 0.354 e. The van der Waals surface area contributed by atoms with E-state index in [-0.39, 0.29) is 0 Å². The summed E-state index contributed by atoms with van der Waals surface area (Å²) in [6.07, 6.45) is 4.49. The summed E-state index contributed by atoms with van der Waals surface area (Å²) in [5.74, 6) is 2.47. The van der Waals surface area contributed by atoms with Gasteiger partial charge in [0.05, 0.1) is 11.6 Å². The summed E-state index contributed by atoms with van der Waals surface area (Å²) < 4.78 is 0. The molecule has 20 heavy (non-hydrogen) atoms. The van der Waals surface area contributed by atoms with E-state index in [1.807, 2.05) is 13.1 Å². The van der Waals surface area contributed by atoms with Gasteiger partial charge in [0.25, 0.3) is 0 Å². The normalized spacial score (nSPS) is 15.0. The summed E-state index contributed by atoms with van der Waals surface area (Å²) in [6.45, 7) is 8.35. The molecule has 2 heterocycles. The standard InChI is InChI=1S/C14H22N6/c1-4-15-14-17-12-11(7-16-19-12)13(18-14)20(9(2)3)8-10-5-6-10/h7,9-10H,4-6,8H2,1-3H3,(H2,15,16,17,18,19). The lowest BCUT2D eigenvalue weighted by Crippen LogP contribution is -2.33. The molecule has 1 fully saturated rings. The van der Waals surface area contributed by atoms with Crippen LogP contribution in [-0.2, 0) is 0 Å². The fourth-order valence-electron chi connectivity index (χ4n) is 2.40. The zero-order valence-corrected chi connectivity index (χ0v) is 12.3. The molecule has 0 atom stereocenters. The second kappa shape index (κ2) is 5.26. The number of rotatable bonds is 6. The number of fused-ring (bicyclic) bond motifs is 1. The maximum atomic E-state index is 4.71. The van der Waals surface area contributed by atoms with Gasteiger partial charge in [-0.1, -0.05) is 0 Å². The number of nitrogens with one attached hydrogen (secondary N) is 2. The van der Waals surface area contributed by atoms with E-state index in [1.54, 1.807) is 0 Å². The van der Waals surface area contributed by atoms with E-state index in [4.69, 9.17) is 4.98 Å². The molecule has 1 aliphatic carbocycles. The Bertz CT molecular complexity index is 586. The molecule has 0 amide bonds. The first-order valence-corrected chi connectivity index (χ1v) is 7.40. The SMILES string of the molecule is CCNc1nc(N(CC2CC2)C(C)C)c2cn[nH]c2n1. The van der Waals surface area contributed by atoms with Crippen molar-refractivity contribution in [1.82, 2.24) is 20.2 Å². The van der Waals surface area contributed by atoms with Gasteiger partial charge >= 0.3 is 0 Å². The molecule has 1 aliphatic rings. The molecule has 2 aromatic rings. The van der Waals surface area contributed by atoms with Gasteiger partial charge in [-0.2, -0.15) is 15.1 Å². The van der Waals surface area contributed by atoms with E-state index in [0.29, 0.717) is 12.0 Å². The fraction of sp³-hybridized carbons (Fsp3) is 0.643. The average molecular weight is 274 g/mol. The molecular weight excluding hydrogens is 252 g/mol. The fourth-order valence-corrected chi connectivity index (χ4v) is 2.40. The van der Waals surface area contributed by atoms with E-state index >= 15 is 0 Å². The van der Waals surface area contributed by atoms with Crippen LogP contribution < -0.4 is 10.2 Å². The van der Waals surface area contributed by atoms with E-state index in [2.05, 4.69) is 39.2 Å². The third kappa shape index (κ3) is 2.55. The quantitative estimate of drug-likeness (QED) is 0.846. The highest BCUT2D eigenvalue weighted by Gasteiger charge is 2.27. The van der Waals surface area contributed by atoms with Crippen molar-refractivity contribution in [3.8, 4) is 0 Å². The number of anilines is 2. The third-order valence-corrected chi connectivity index (χ3v) is 3.67. The number of H-pyrrole nitrogens is 1. The van der Waals surface area contributed by atoms with E-state index in [0.717, 1.165) is 35.9 Å². The molecule has 0 saturated heterocycles. The Morgan fingerprint density at radius 2 is 2.20 bits per heavy atom. The van der Waals surface area contributed by atoms with Crippen LogP contribution in [0.4, 0.5) is 11.8 Å². The van der Waals surface area contributed by atoms with Gasteiger partial charge in [-0.25, -0.2) is 0 Å². The van der Waals surface area contributed by atoms with Gasteiger partial charge in [0.15, 0.2) is 5.65 Å². The minimum atomic E-state index is 0.415. The first-order valence-electron chi connectivity index (χ1n) is 7.40. The number of aromatic amines is 1. The number of aromatic nitrogens is 4. The molecule has 0 radical (unpaired) electrons. The number of hydrogen-bond acceptors (Lipinski definition) is 5. The van der Waals surface area contributed by atoms with E-state index in [1.165, 1.54) is 12.8 Å². The molecule has 0 unspecified atom stereocenters. The molecule has 0 spiro atoms. The van der Waals surface area contributed by atoms with Crippen molar-refractivity contribution in [2.45, 2.75) is 39.7 Å². The second-order valence-electron chi connectivity index (χ2n) is 5.72. The minimum Gasteiger partial charge on any atom is -0.354 e. The molecule has 2 N–H and O–H groups in total. The van der Waals surface area contributed by atoms with Gasteiger partial charge in [0, 0.05) is 19.1 Å². The van der Waals surface area contributed by atoms with Gasteiger partial charge in [-0.05, 0) is 39.5 Å². The summed E-state index contributed by atoms with van der Waals surface area (Å²) in [5.41, 5.74) is 0.799. The number of hydrogen-bond donors (Lipinski definition) is 2. The average Bonchev–Trinajstić information content (AvgIpc) is 3.11. The first kappa shape index (κ1) is 13.1. The van der Waals surface area contributed by atoms with Crippen LogP contribution in [0.2, 0.25) is 0 Å². The minimum absolute atomic E-state index is 0.415. The molecule has 0 bridgehead atoms. The molecule has 0 aliphatic heterocycles. The number of nitrogens with zero attached hydrogens (tertiary/aromatic N) is 4. The zero-order chi connectivity index (χ0) is 14.1. The lowest BCUT2D eigenvalue weighted by Gasteiger charge is -2.28. The Hall–Kier alpha value is -1.85. The van der Waals surface area contributed by atoms with Crippen molar-refractivity contribution >= 4 is 22.8 Å². The van der Waals surface area contributed by atoms with Crippen molar-refractivity contribution in [2.75, 3.05) is 23.3 Å². The summed E-state index contributed by atoms with van der Waals surface area (Å²) in [6, 6.07) is 0.415.